The number of benzene rings is 1. The highest BCUT2D eigenvalue weighted by Crippen LogP contribution is 2.25. The minimum Gasteiger partial charge on any atom is -0.493 e. The molecule has 4 heteroatoms. The Hall–Kier alpha value is -2.10. The quantitative estimate of drug-likeness (QED) is 0.870. The van der Waals surface area contributed by atoms with Gasteiger partial charge >= 0.3 is 0 Å². The molecule has 0 fully saturated rings. The van der Waals surface area contributed by atoms with E-state index in [1.165, 1.54) is 0 Å². The smallest absolute Gasteiger partial charge is 0.258 e. The second-order valence-electron chi connectivity index (χ2n) is 5.12. The lowest BCUT2D eigenvalue weighted by molar-refractivity contribution is 0.440. The van der Waals surface area contributed by atoms with Gasteiger partial charge in [-0.25, -0.2) is 0 Å². The SMILES string of the molecule is Cc1ccc(C)c(-c2nc(O)c(C(C)C)c(=O)[nH]2)c1. The summed E-state index contributed by atoms with van der Waals surface area (Å²) >= 11 is 0. The van der Waals surface area contributed by atoms with E-state index in [-0.39, 0.29) is 17.4 Å². The molecule has 0 aliphatic heterocycles. The van der Waals surface area contributed by atoms with Crippen LogP contribution in [-0.2, 0) is 0 Å². The number of aromatic nitrogens is 2. The number of aryl methyl sites for hydroxylation is 2. The van der Waals surface area contributed by atoms with Crippen molar-refractivity contribution in [1.82, 2.24) is 9.97 Å². The average molecular weight is 258 g/mol. The summed E-state index contributed by atoms with van der Waals surface area (Å²) in [6.07, 6.45) is 0. The predicted molar refractivity (Wildman–Crippen MR) is 75.5 cm³/mol. The van der Waals surface area contributed by atoms with Gasteiger partial charge < -0.3 is 10.1 Å². The molecule has 0 atom stereocenters. The molecular weight excluding hydrogens is 240 g/mol. The third-order valence-corrected chi connectivity index (χ3v) is 3.16. The fraction of sp³-hybridized carbons (Fsp3) is 0.333. The Labute approximate surface area is 112 Å². The second kappa shape index (κ2) is 4.88. The van der Waals surface area contributed by atoms with Gasteiger partial charge in [-0.2, -0.15) is 4.98 Å². The molecule has 0 spiro atoms. The first-order valence-corrected chi connectivity index (χ1v) is 6.31. The van der Waals surface area contributed by atoms with Crippen molar-refractivity contribution in [3.05, 3.63) is 45.2 Å². The number of H-pyrrole nitrogens is 1. The Kier molecular flexibility index (Phi) is 3.42. The summed E-state index contributed by atoms with van der Waals surface area (Å²) in [7, 11) is 0. The van der Waals surface area contributed by atoms with Gasteiger partial charge in [0.15, 0.2) is 0 Å². The summed E-state index contributed by atoms with van der Waals surface area (Å²) in [5.41, 5.74) is 2.97. The van der Waals surface area contributed by atoms with Gasteiger partial charge in [0.2, 0.25) is 5.88 Å². The van der Waals surface area contributed by atoms with E-state index in [4.69, 9.17) is 0 Å². The summed E-state index contributed by atoms with van der Waals surface area (Å²) in [6, 6.07) is 5.92. The lowest BCUT2D eigenvalue weighted by Crippen LogP contribution is -2.16. The maximum atomic E-state index is 12.0. The van der Waals surface area contributed by atoms with Gasteiger partial charge in [-0.15, -0.1) is 0 Å². The van der Waals surface area contributed by atoms with Crippen molar-refractivity contribution in [1.29, 1.82) is 0 Å². The minimum atomic E-state index is -0.279. The normalized spacial score (nSPS) is 11.0. The van der Waals surface area contributed by atoms with Gasteiger partial charge in [0, 0.05) is 5.56 Å². The van der Waals surface area contributed by atoms with Crippen molar-refractivity contribution >= 4 is 0 Å². The van der Waals surface area contributed by atoms with E-state index in [2.05, 4.69) is 9.97 Å². The van der Waals surface area contributed by atoms with Crippen LogP contribution < -0.4 is 5.56 Å². The van der Waals surface area contributed by atoms with Crippen LogP contribution in [0.5, 0.6) is 5.88 Å². The molecule has 0 radical (unpaired) electrons. The molecule has 0 bridgehead atoms. The Morgan fingerprint density at radius 1 is 1.26 bits per heavy atom. The largest absolute Gasteiger partial charge is 0.493 e. The highest BCUT2D eigenvalue weighted by molar-refractivity contribution is 5.61. The van der Waals surface area contributed by atoms with Crippen molar-refractivity contribution in [3.8, 4) is 17.3 Å². The molecule has 1 heterocycles. The Morgan fingerprint density at radius 3 is 2.53 bits per heavy atom. The molecule has 19 heavy (non-hydrogen) atoms. The van der Waals surface area contributed by atoms with Gasteiger partial charge in [0.1, 0.15) is 5.82 Å². The van der Waals surface area contributed by atoms with Crippen LogP contribution >= 0.6 is 0 Å². The zero-order valence-electron chi connectivity index (χ0n) is 11.6. The highest BCUT2D eigenvalue weighted by Gasteiger charge is 2.15. The standard InChI is InChI=1S/C15H18N2O2/c1-8(2)12-14(18)16-13(17-15(12)19)11-7-9(3)5-6-10(11)4/h5-8H,1-4H3,(H2,16,17,18,19). The second-order valence-corrected chi connectivity index (χ2v) is 5.12. The van der Waals surface area contributed by atoms with Gasteiger partial charge in [0.05, 0.1) is 5.56 Å². The molecule has 0 saturated heterocycles. The topological polar surface area (TPSA) is 66.0 Å². The molecule has 2 rings (SSSR count). The number of nitrogens with one attached hydrogen (secondary N) is 1. The third-order valence-electron chi connectivity index (χ3n) is 3.16. The number of hydrogen-bond acceptors (Lipinski definition) is 3. The fourth-order valence-corrected chi connectivity index (χ4v) is 2.11. The molecule has 0 aliphatic rings. The van der Waals surface area contributed by atoms with E-state index < -0.39 is 0 Å². The highest BCUT2D eigenvalue weighted by atomic mass is 16.3. The molecule has 100 valence electrons. The van der Waals surface area contributed by atoms with Crippen LogP contribution in [0.25, 0.3) is 11.4 Å². The molecule has 0 aliphatic carbocycles. The summed E-state index contributed by atoms with van der Waals surface area (Å²) in [5.74, 6) is 0.159. The van der Waals surface area contributed by atoms with E-state index in [1.54, 1.807) is 0 Å². The van der Waals surface area contributed by atoms with E-state index in [0.717, 1.165) is 16.7 Å². The number of aromatic hydroxyl groups is 1. The van der Waals surface area contributed by atoms with E-state index in [1.807, 2.05) is 45.9 Å². The predicted octanol–water partition coefficient (Wildman–Crippen LogP) is 2.88. The molecule has 2 aromatic rings. The van der Waals surface area contributed by atoms with Crippen molar-refractivity contribution < 1.29 is 5.11 Å². The van der Waals surface area contributed by atoms with Crippen LogP contribution in [0.2, 0.25) is 0 Å². The third kappa shape index (κ3) is 2.52. The van der Waals surface area contributed by atoms with Crippen LogP contribution in [0, 0.1) is 13.8 Å². The minimum absolute atomic E-state index is 0.0658. The first-order chi connectivity index (χ1) is 8.90. The Balaban J connectivity index is 2.65. The van der Waals surface area contributed by atoms with Crippen LogP contribution in [-0.4, -0.2) is 15.1 Å². The summed E-state index contributed by atoms with van der Waals surface area (Å²) in [4.78, 5) is 18.9. The fourth-order valence-electron chi connectivity index (χ4n) is 2.11. The van der Waals surface area contributed by atoms with Crippen LogP contribution in [0.3, 0.4) is 0 Å². The Bertz CT molecular complexity index is 672. The molecule has 4 nitrogen and oxygen atoms in total. The van der Waals surface area contributed by atoms with Crippen molar-refractivity contribution in [2.75, 3.05) is 0 Å². The lowest BCUT2D eigenvalue weighted by atomic mass is 10.0. The summed E-state index contributed by atoms with van der Waals surface area (Å²) in [5, 5.41) is 9.93. The zero-order chi connectivity index (χ0) is 14.2. The van der Waals surface area contributed by atoms with E-state index >= 15 is 0 Å². The lowest BCUT2D eigenvalue weighted by Gasteiger charge is -2.10. The van der Waals surface area contributed by atoms with Crippen LogP contribution in [0.1, 0.15) is 36.5 Å². The monoisotopic (exact) mass is 258 g/mol. The molecular formula is C15H18N2O2. The number of rotatable bonds is 2. The number of nitrogens with zero attached hydrogens (tertiary/aromatic N) is 1. The van der Waals surface area contributed by atoms with Crippen LogP contribution in [0.4, 0.5) is 0 Å². The maximum Gasteiger partial charge on any atom is 0.258 e. The maximum absolute atomic E-state index is 12.0. The van der Waals surface area contributed by atoms with E-state index in [9.17, 15) is 9.90 Å². The molecule has 0 unspecified atom stereocenters. The molecule has 0 amide bonds. The molecule has 1 aromatic carbocycles. The van der Waals surface area contributed by atoms with Crippen molar-refractivity contribution in [2.45, 2.75) is 33.6 Å². The summed E-state index contributed by atoms with van der Waals surface area (Å²) in [6.45, 7) is 7.62. The number of hydrogen-bond donors (Lipinski definition) is 2. The molecule has 2 N–H and O–H groups in total. The zero-order valence-corrected chi connectivity index (χ0v) is 11.6. The average Bonchev–Trinajstić information content (AvgIpc) is 2.30. The first kappa shape index (κ1) is 13.3. The molecule has 1 aromatic heterocycles. The van der Waals surface area contributed by atoms with Gasteiger partial charge in [-0.3, -0.25) is 4.79 Å². The number of aromatic amines is 1. The first-order valence-electron chi connectivity index (χ1n) is 6.31. The van der Waals surface area contributed by atoms with Crippen LogP contribution in [0.15, 0.2) is 23.0 Å². The van der Waals surface area contributed by atoms with Gasteiger partial charge in [-0.05, 0) is 31.4 Å². The Morgan fingerprint density at radius 2 is 1.95 bits per heavy atom. The van der Waals surface area contributed by atoms with Gasteiger partial charge in [-0.1, -0.05) is 31.5 Å². The van der Waals surface area contributed by atoms with Crippen molar-refractivity contribution in [2.24, 2.45) is 0 Å². The van der Waals surface area contributed by atoms with Crippen molar-refractivity contribution in [3.63, 3.8) is 0 Å². The summed E-state index contributed by atoms with van der Waals surface area (Å²) < 4.78 is 0. The molecule has 0 saturated carbocycles. The van der Waals surface area contributed by atoms with E-state index in [0.29, 0.717) is 11.4 Å². The van der Waals surface area contributed by atoms with Gasteiger partial charge in [0.25, 0.3) is 5.56 Å².